The minimum Gasteiger partial charge on any atom is -0.481 e. The zero-order valence-corrected chi connectivity index (χ0v) is 18.8. The van der Waals surface area contributed by atoms with Crippen molar-refractivity contribution in [3.05, 3.63) is 83.3 Å². The van der Waals surface area contributed by atoms with Gasteiger partial charge >= 0.3 is 0 Å². The molecule has 0 bridgehead atoms. The molecule has 0 fully saturated rings. The summed E-state index contributed by atoms with van der Waals surface area (Å²) in [7, 11) is 0. The van der Waals surface area contributed by atoms with Gasteiger partial charge in [-0.3, -0.25) is 14.4 Å². The fourth-order valence-electron chi connectivity index (χ4n) is 3.16. The number of amides is 3. The molecule has 1 heterocycles. The molecular formula is C25H27N3O5. The highest BCUT2D eigenvalue weighted by Crippen LogP contribution is 2.18. The topological polar surface area (TPSA) is 110 Å². The van der Waals surface area contributed by atoms with Gasteiger partial charge in [-0.25, -0.2) is 0 Å². The van der Waals surface area contributed by atoms with Crippen LogP contribution in [0.3, 0.4) is 0 Å². The third-order valence-corrected chi connectivity index (χ3v) is 4.73. The minimum absolute atomic E-state index is 0.215. The predicted molar refractivity (Wildman–Crippen MR) is 124 cm³/mol. The molecule has 8 heteroatoms. The quantitative estimate of drug-likeness (QED) is 0.434. The van der Waals surface area contributed by atoms with Crippen LogP contribution in [0.1, 0.15) is 39.0 Å². The maximum atomic E-state index is 12.5. The van der Waals surface area contributed by atoms with Gasteiger partial charge in [0.25, 0.3) is 17.7 Å². The summed E-state index contributed by atoms with van der Waals surface area (Å²) >= 11 is 0. The number of hydrogen-bond acceptors (Lipinski definition) is 5. The lowest BCUT2D eigenvalue weighted by Crippen LogP contribution is -2.34. The average Bonchev–Trinajstić information content (AvgIpc) is 3.31. The second kappa shape index (κ2) is 11.0. The largest absolute Gasteiger partial charge is 0.481 e. The summed E-state index contributed by atoms with van der Waals surface area (Å²) in [6.45, 7) is 6.15. The Bertz CT molecular complexity index is 1090. The zero-order chi connectivity index (χ0) is 23.8. The maximum Gasteiger partial charge on any atom is 0.287 e. The molecule has 8 nitrogen and oxygen atoms in total. The van der Waals surface area contributed by atoms with E-state index in [1.807, 2.05) is 32.0 Å². The number of ether oxygens (including phenoxy) is 1. The van der Waals surface area contributed by atoms with E-state index in [4.69, 9.17) is 9.15 Å². The Morgan fingerprint density at radius 3 is 2.15 bits per heavy atom. The molecule has 2 aromatic carbocycles. The van der Waals surface area contributed by atoms with E-state index < -0.39 is 6.10 Å². The van der Waals surface area contributed by atoms with Crippen LogP contribution in [0, 0.1) is 13.8 Å². The lowest BCUT2D eigenvalue weighted by molar-refractivity contribution is -0.122. The highest BCUT2D eigenvalue weighted by molar-refractivity contribution is 5.97. The van der Waals surface area contributed by atoms with Gasteiger partial charge in [0.2, 0.25) is 0 Å². The molecule has 1 aromatic heterocycles. The van der Waals surface area contributed by atoms with Gasteiger partial charge in [0.15, 0.2) is 11.9 Å². The molecule has 172 valence electrons. The third kappa shape index (κ3) is 6.96. The van der Waals surface area contributed by atoms with Gasteiger partial charge in [-0.15, -0.1) is 0 Å². The standard InChI is InChI=1S/C25H27N3O5/c1-16-13-17(2)15-21(14-16)33-18(3)23(29)28-20-8-6-19(7-9-20)24(30)26-10-11-27-25(31)22-5-4-12-32-22/h4-9,12-15,18H,10-11H2,1-3H3,(H,26,30)(H,27,31)(H,28,29). The van der Waals surface area contributed by atoms with Crippen LogP contribution < -0.4 is 20.7 Å². The fraction of sp³-hybridized carbons (Fsp3) is 0.240. The second-order valence-electron chi connectivity index (χ2n) is 7.64. The molecule has 1 atom stereocenters. The second-order valence-corrected chi connectivity index (χ2v) is 7.64. The number of furan rings is 1. The van der Waals surface area contributed by atoms with E-state index in [0.29, 0.717) is 17.0 Å². The molecule has 3 amide bonds. The molecule has 3 N–H and O–H groups in total. The van der Waals surface area contributed by atoms with Crippen LogP contribution in [0.25, 0.3) is 0 Å². The number of rotatable bonds is 9. The van der Waals surface area contributed by atoms with Crippen LogP contribution in [0.2, 0.25) is 0 Å². The van der Waals surface area contributed by atoms with Crippen LogP contribution in [0.5, 0.6) is 5.75 Å². The van der Waals surface area contributed by atoms with Crippen LogP contribution in [0.4, 0.5) is 5.69 Å². The van der Waals surface area contributed by atoms with E-state index in [-0.39, 0.29) is 36.6 Å². The van der Waals surface area contributed by atoms with Gasteiger partial charge in [-0.2, -0.15) is 0 Å². The first-order chi connectivity index (χ1) is 15.8. The smallest absolute Gasteiger partial charge is 0.287 e. The highest BCUT2D eigenvalue weighted by atomic mass is 16.5. The average molecular weight is 450 g/mol. The van der Waals surface area contributed by atoms with Crippen molar-refractivity contribution >= 4 is 23.4 Å². The third-order valence-electron chi connectivity index (χ3n) is 4.73. The van der Waals surface area contributed by atoms with Gasteiger partial charge in [-0.1, -0.05) is 6.07 Å². The minimum atomic E-state index is -0.689. The number of benzene rings is 2. The summed E-state index contributed by atoms with van der Waals surface area (Å²) in [5.74, 6) is -0.0643. The summed E-state index contributed by atoms with van der Waals surface area (Å²) in [5, 5.41) is 8.16. The lowest BCUT2D eigenvalue weighted by atomic mass is 10.1. The molecule has 33 heavy (non-hydrogen) atoms. The summed E-state index contributed by atoms with van der Waals surface area (Å²) in [6, 6.07) is 15.5. The SMILES string of the molecule is Cc1cc(C)cc(OC(C)C(=O)Nc2ccc(C(=O)NCCNC(=O)c3ccco3)cc2)c1. The van der Waals surface area contributed by atoms with Gasteiger partial charge in [-0.05, 0) is 80.4 Å². The number of carbonyl (C=O) groups excluding carboxylic acids is 3. The van der Waals surface area contributed by atoms with Crippen molar-refractivity contribution < 1.29 is 23.5 Å². The number of carbonyl (C=O) groups is 3. The van der Waals surface area contributed by atoms with Crippen molar-refractivity contribution in [3.63, 3.8) is 0 Å². The van der Waals surface area contributed by atoms with E-state index in [9.17, 15) is 14.4 Å². The predicted octanol–water partition coefficient (Wildman–Crippen LogP) is 3.46. The summed E-state index contributed by atoms with van der Waals surface area (Å²) in [4.78, 5) is 36.5. The Morgan fingerprint density at radius 1 is 0.909 bits per heavy atom. The monoisotopic (exact) mass is 449 g/mol. The van der Waals surface area contributed by atoms with Crippen molar-refractivity contribution in [2.24, 2.45) is 0 Å². The van der Waals surface area contributed by atoms with Crippen LogP contribution in [-0.2, 0) is 4.79 Å². The number of nitrogens with one attached hydrogen (secondary N) is 3. The lowest BCUT2D eigenvalue weighted by Gasteiger charge is -2.16. The highest BCUT2D eigenvalue weighted by Gasteiger charge is 2.16. The number of anilines is 1. The zero-order valence-electron chi connectivity index (χ0n) is 18.8. The molecule has 0 saturated heterocycles. The number of aryl methyl sites for hydroxylation is 2. The van der Waals surface area contributed by atoms with Crippen molar-refractivity contribution in [2.75, 3.05) is 18.4 Å². The fourth-order valence-corrected chi connectivity index (χ4v) is 3.16. The molecule has 3 aromatic rings. The molecule has 0 aliphatic carbocycles. The van der Waals surface area contributed by atoms with Crippen LogP contribution in [0.15, 0.2) is 65.3 Å². The molecular weight excluding hydrogens is 422 g/mol. The first kappa shape index (κ1) is 23.6. The molecule has 0 radical (unpaired) electrons. The summed E-state index contributed by atoms with van der Waals surface area (Å²) in [5.41, 5.74) is 3.11. The van der Waals surface area contributed by atoms with E-state index in [2.05, 4.69) is 16.0 Å². The van der Waals surface area contributed by atoms with Crippen molar-refractivity contribution in [3.8, 4) is 5.75 Å². The van der Waals surface area contributed by atoms with E-state index in [1.54, 1.807) is 43.3 Å². The van der Waals surface area contributed by atoms with Gasteiger partial charge < -0.3 is 25.1 Å². The first-order valence-electron chi connectivity index (χ1n) is 10.6. The molecule has 0 spiro atoms. The summed E-state index contributed by atoms with van der Waals surface area (Å²) < 4.78 is 10.8. The Balaban J connectivity index is 1.44. The molecule has 0 aliphatic rings. The first-order valence-corrected chi connectivity index (χ1v) is 10.6. The van der Waals surface area contributed by atoms with Crippen molar-refractivity contribution in [1.82, 2.24) is 10.6 Å². The molecule has 0 aliphatic heterocycles. The molecule has 0 saturated carbocycles. The normalized spacial score (nSPS) is 11.4. The van der Waals surface area contributed by atoms with E-state index >= 15 is 0 Å². The van der Waals surface area contributed by atoms with Gasteiger partial charge in [0.05, 0.1) is 6.26 Å². The van der Waals surface area contributed by atoms with Crippen LogP contribution >= 0.6 is 0 Å². The van der Waals surface area contributed by atoms with Crippen LogP contribution in [-0.4, -0.2) is 36.9 Å². The molecule has 3 rings (SSSR count). The number of hydrogen-bond donors (Lipinski definition) is 3. The maximum absolute atomic E-state index is 12.5. The van der Waals surface area contributed by atoms with E-state index in [0.717, 1.165) is 11.1 Å². The van der Waals surface area contributed by atoms with Gasteiger partial charge in [0.1, 0.15) is 5.75 Å². The van der Waals surface area contributed by atoms with Crippen molar-refractivity contribution in [1.29, 1.82) is 0 Å². The van der Waals surface area contributed by atoms with Crippen molar-refractivity contribution in [2.45, 2.75) is 26.9 Å². The van der Waals surface area contributed by atoms with E-state index in [1.165, 1.54) is 6.26 Å². The summed E-state index contributed by atoms with van der Waals surface area (Å²) in [6.07, 6.45) is 0.729. The Morgan fingerprint density at radius 2 is 1.55 bits per heavy atom. The Hall–Kier alpha value is -4.07. The Labute approximate surface area is 192 Å². The molecule has 1 unspecified atom stereocenters. The Kier molecular flexibility index (Phi) is 7.86. The van der Waals surface area contributed by atoms with Gasteiger partial charge in [0, 0.05) is 24.3 Å².